The third kappa shape index (κ3) is 3.85. The second kappa shape index (κ2) is 7.57. The summed E-state index contributed by atoms with van der Waals surface area (Å²) in [7, 11) is 1.51. The highest BCUT2D eigenvalue weighted by Crippen LogP contribution is 2.23. The van der Waals surface area contributed by atoms with Crippen LogP contribution in [0.25, 0.3) is 11.0 Å². The van der Waals surface area contributed by atoms with Gasteiger partial charge < -0.3 is 24.9 Å². The second-order valence-electron chi connectivity index (χ2n) is 6.12. The van der Waals surface area contributed by atoms with Gasteiger partial charge in [0.05, 0.1) is 7.11 Å². The van der Waals surface area contributed by atoms with E-state index >= 15 is 0 Å². The van der Waals surface area contributed by atoms with E-state index in [0.717, 1.165) is 6.42 Å². The van der Waals surface area contributed by atoms with E-state index in [1.54, 1.807) is 18.2 Å². The largest absolute Gasteiger partial charge is 0.497 e. The number of primary amides is 1. The van der Waals surface area contributed by atoms with Gasteiger partial charge in [-0.1, -0.05) is 0 Å². The highest BCUT2D eigenvalue weighted by Gasteiger charge is 2.28. The summed E-state index contributed by atoms with van der Waals surface area (Å²) in [6.07, 6.45) is 0.904. The van der Waals surface area contributed by atoms with E-state index in [0.29, 0.717) is 35.3 Å². The Balaban J connectivity index is 1.87. The molecule has 0 bridgehead atoms. The number of benzene rings is 1. The first-order valence-electron chi connectivity index (χ1n) is 8.30. The average Bonchev–Trinajstić information content (AvgIpc) is 3.14. The topological polar surface area (TPSA) is 121 Å². The molecule has 0 spiro atoms. The lowest BCUT2D eigenvalue weighted by molar-refractivity contribution is -0.133. The number of methoxy groups -OCH3 is 1. The zero-order valence-corrected chi connectivity index (χ0v) is 14.3. The Labute approximate surface area is 149 Å². The molecule has 26 heavy (non-hydrogen) atoms. The lowest BCUT2D eigenvalue weighted by atomic mass is 10.0. The minimum absolute atomic E-state index is 0.0716. The van der Waals surface area contributed by atoms with Crippen molar-refractivity contribution in [1.29, 1.82) is 0 Å². The molecule has 2 amide bonds. The first-order valence-corrected chi connectivity index (χ1v) is 8.30. The van der Waals surface area contributed by atoms with E-state index in [9.17, 15) is 14.4 Å². The summed E-state index contributed by atoms with van der Waals surface area (Å²) in [5.41, 5.74) is 5.77. The molecule has 3 rings (SSSR count). The van der Waals surface area contributed by atoms with Crippen LogP contribution in [0.1, 0.15) is 18.4 Å². The first kappa shape index (κ1) is 17.9. The summed E-state index contributed by atoms with van der Waals surface area (Å²) >= 11 is 0. The van der Waals surface area contributed by atoms with Crippen LogP contribution < -0.4 is 21.4 Å². The summed E-state index contributed by atoms with van der Waals surface area (Å²) in [6.45, 7) is 0.519. The maximum Gasteiger partial charge on any atom is 0.336 e. The smallest absolute Gasteiger partial charge is 0.336 e. The van der Waals surface area contributed by atoms with Crippen molar-refractivity contribution < 1.29 is 23.5 Å². The number of ether oxygens (including phenoxy) is 2. The van der Waals surface area contributed by atoms with Crippen molar-refractivity contribution in [2.24, 2.45) is 5.73 Å². The molecule has 3 N–H and O–H groups in total. The minimum Gasteiger partial charge on any atom is -0.497 e. The number of hydrogen-bond donors (Lipinski definition) is 2. The van der Waals surface area contributed by atoms with E-state index in [1.165, 1.54) is 13.2 Å². The quantitative estimate of drug-likeness (QED) is 0.724. The van der Waals surface area contributed by atoms with Gasteiger partial charge >= 0.3 is 5.63 Å². The Bertz CT molecular complexity index is 885. The number of amides is 2. The van der Waals surface area contributed by atoms with Crippen LogP contribution in [-0.4, -0.2) is 37.7 Å². The Hall–Kier alpha value is -2.87. The molecule has 1 aromatic heterocycles. The Morgan fingerprint density at radius 1 is 1.38 bits per heavy atom. The van der Waals surface area contributed by atoms with Crippen molar-refractivity contribution in [3.63, 3.8) is 0 Å². The predicted octanol–water partition coefficient (Wildman–Crippen LogP) is 0.493. The lowest BCUT2D eigenvalue weighted by Gasteiger charge is -2.18. The predicted molar refractivity (Wildman–Crippen MR) is 92.8 cm³/mol. The Morgan fingerprint density at radius 3 is 2.85 bits per heavy atom. The van der Waals surface area contributed by atoms with Crippen LogP contribution in [0.15, 0.2) is 33.5 Å². The number of rotatable bonds is 6. The number of carbonyl (C=O) groups excluding carboxylic acids is 2. The van der Waals surface area contributed by atoms with Gasteiger partial charge in [0.25, 0.3) is 0 Å². The molecule has 0 unspecified atom stereocenters. The fourth-order valence-corrected chi connectivity index (χ4v) is 3.00. The molecule has 8 heteroatoms. The van der Waals surface area contributed by atoms with Gasteiger partial charge in [-0.05, 0) is 30.5 Å². The summed E-state index contributed by atoms with van der Waals surface area (Å²) in [5.74, 6) is -0.526. The van der Waals surface area contributed by atoms with Gasteiger partial charge in [0, 0.05) is 30.5 Å². The molecule has 1 aliphatic heterocycles. The van der Waals surface area contributed by atoms with Crippen LogP contribution in [-0.2, 0) is 20.7 Å². The lowest BCUT2D eigenvalue weighted by Crippen LogP contribution is -2.49. The molecule has 2 aromatic rings. The normalized spacial score (nSPS) is 17.8. The molecule has 2 atom stereocenters. The highest BCUT2D eigenvalue weighted by atomic mass is 16.5. The van der Waals surface area contributed by atoms with Gasteiger partial charge in [-0.2, -0.15) is 0 Å². The SMILES string of the molecule is COc1ccc2c(C[C@@H](NC(=O)[C@H]3CCCO3)C(N)=O)cc(=O)oc2c1. The monoisotopic (exact) mass is 360 g/mol. The van der Waals surface area contributed by atoms with E-state index in [-0.39, 0.29) is 12.3 Å². The highest BCUT2D eigenvalue weighted by molar-refractivity contribution is 5.90. The molecular formula is C18H20N2O6. The molecule has 0 radical (unpaired) electrons. The average molecular weight is 360 g/mol. The minimum atomic E-state index is -0.959. The first-order chi connectivity index (χ1) is 12.5. The van der Waals surface area contributed by atoms with Gasteiger partial charge in [-0.15, -0.1) is 0 Å². The van der Waals surface area contributed by atoms with Crippen molar-refractivity contribution in [3.05, 3.63) is 40.2 Å². The summed E-state index contributed by atoms with van der Waals surface area (Å²) in [5, 5.41) is 3.26. The molecule has 1 aliphatic rings. The molecular weight excluding hydrogens is 340 g/mol. The summed E-state index contributed by atoms with van der Waals surface area (Å²) in [6, 6.07) is 5.37. The molecule has 138 valence electrons. The molecule has 1 aromatic carbocycles. The molecule has 2 heterocycles. The van der Waals surface area contributed by atoms with E-state index in [4.69, 9.17) is 19.6 Å². The number of carbonyl (C=O) groups is 2. The number of nitrogens with one attached hydrogen (secondary N) is 1. The Morgan fingerprint density at radius 2 is 2.19 bits per heavy atom. The van der Waals surface area contributed by atoms with Gasteiger partial charge in [-0.25, -0.2) is 4.79 Å². The van der Waals surface area contributed by atoms with E-state index in [1.807, 2.05) is 0 Å². The van der Waals surface area contributed by atoms with Crippen LogP contribution >= 0.6 is 0 Å². The van der Waals surface area contributed by atoms with Crippen molar-refractivity contribution in [2.75, 3.05) is 13.7 Å². The summed E-state index contributed by atoms with van der Waals surface area (Å²) in [4.78, 5) is 35.9. The fraction of sp³-hybridized carbons (Fsp3) is 0.389. The van der Waals surface area contributed by atoms with Crippen molar-refractivity contribution in [2.45, 2.75) is 31.4 Å². The van der Waals surface area contributed by atoms with E-state index in [2.05, 4.69) is 5.32 Å². The molecule has 8 nitrogen and oxygen atoms in total. The van der Waals surface area contributed by atoms with Gasteiger partial charge in [0.2, 0.25) is 11.8 Å². The van der Waals surface area contributed by atoms with E-state index < -0.39 is 23.7 Å². The van der Waals surface area contributed by atoms with Crippen LogP contribution in [0.4, 0.5) is 0 Å². The van der Waals surface area contributed by atoms with Gasteiger partial charge in [0.15, 0.2) is 0 Å². The molecule has 0 aliphatic carbocycles. The maximum atomic E-state index is 12.2. The van der Waals surface area contributed by atoms with Crippen molar-refractivity contribution >= 4 is 22.8 Å². The van der Waals surface area contributed by atoms with Crippen molar-refractivity contribution in [1.82, 2.24) is 5.32 Å². The molecule has 0 saturated carbocycles. The second-order valence-corrected chi connectivity index (χ2v) is 6.12. The van der Waals surface area contributed by atoms with Crippen LogP contribution in [0.3, 0.4) is 0 Å². The van der Waals surface area contributed by atoms with Crippen molar-refractivity contribution in [3.8, 4) is 5.75 Å². The number of hydrogen-bond acceptors (Lipinski definition) is 6. The zero-order chi connectivity index (χ0) is 18.7. The summed E-state index contributed by atoms with van der Waals surface area (Å²) < 4.78 is 15.6. The number of nitrogens with two attached hydrogens (primary N) is 1. The van der Waals surface area contributed by atoms with Crippen LogP contribution in [0.5, 0.6) is 5.75 Å². The number of fused-ring (bicyclic) bond motifs is 1. The van der Waals surface area contributed by atoms with Crippen LogP contribution in [0, 0.1) is 0 Å². The standard InChI is InChI=1S/C18H20N2O6/c1-24-11-4-5-12-10(8-16(21)26-15(12)9-11)7-13(17(19)22)20-18(23)14-3-2-6-25-14/h4-5,8-9,13-14H,2-3,6-7H2,1H3,(H2,19,22)(H,20,23)/t13-,14-/m1/s1. The van der Waals surface area contributed by atoms with Gasteiger partial charge in [0.1, 0.15) is 23.5 Å². The third-order valence-corrected chi connectivity index (χ3v) is 4.34. The zero-order valence-electron chi connectivity index (χ0n) is 14.3. The van der Waals surface area contributed by atoms with Gasteiger partial charge in [-0.3, -0.25) is 9.59 Å². The maximum absolute atomic E-state index is 12.2. The molecule has 1 fully saturated rings. The van der Waals surface area contributed by atoms with Crippen LogP contribution in [0.2, 0.25) is 0 Å². The third-order valence-electron chi connectivity index (χ3n) is 4.34. The fourth-order valence-electron chi connectivity index (χ4n) is 3.00. The Kier molecular flexibility index (Phi) is 5.22. The molecule has 1 saturated heterocycles.